The number of carbonyl (C=O) groups excluding carboxylic acids is 1. The minimum atomic E-state index is -0.227. The number of carbonyl (C=O) groups is 1. The van der Waals surface area contributed by atoms with Crippen molar-refractivity contribution < 1.29 is 14.3 Å². The number of nitrogens with one attached hydrogen (secondary N) is 1. The van der Waals surface area contributed by atoms with E-state index in [4.69, 9.17) is 9.47 Å². The second kappa shape index (κ2) is 9.72. The van der Waals surface area contributed by atoms with Crippen LogP contribution in [0.1, 0.15) is 22.5 Å². The van der Waals surface area contributed by atoms with Crippen molar-refractivity contribution in [2.75, 3.05) is 18.9 Å². The van der Waals surface area contributed by atoms with Crippen LogP contribution in [0.3, 0.4) is 0 Å². The zero-order valence-corrected chi connectivity index (χ0v) is 19.8. The molecular weight excluding hydrogens is 450 g/mol. The van der Waals surface area contributed by atoms with Gasteiger partial charge in [0.25, 0.3) is 5.78 Å². The van der Waals surface area contributed by atoms with Crippen molar-refractivity contribution in [2.45, 2.75) is 31.5 Å². The summed E-state index contributed by atoms with van der Waals surface area (Å²) < 4.78 is 13.3. The first-order chi connectivity index (χ1) is 16.6. The van der Waals surface area contributed by atoms with Crippen molar-refractivity contribution in [1.29, 1.82) is 0 Å². The van der Waals surface area contributed by atoms with Gasteiger partial charge in [0.1, 0.15) is 12.7 Å². The van der Waals surface area contributed by atoms with Gasteiger partial charge in [-0.3, -0.25) is 4.79 Å². The smallest absolute Gasteiger partial charge is 0.253 e. The van der Waals surface area contributed by atoms with Crippen LogP contribution >= 0.6 is 11.8 Å². The number of thioether (sulfide) groups is 1. The molecular formula is C25H25N5O3S. The van der Waals surface area contributed by atoms with Gasteiger partial charge in [-0.2, -0.15) is 4.98 Å². The molecule has 0 saturated carbocycles. The Morgan fingerprint density at radius 3 is 2.68 bits per heavy atom. The number of hydrogen-bond acceptors (Lipinski definition) is 7. The molecule has 1 amide bonds. The molecule has 2 aromatic heterocycles. The fourth-order valence-electron chi connectivity index (χ4n) is 3.88. The number of aromatic nitrogens is 4. The lowest BCUT2D eigenvalue weighted by Crippen LogP contribution is -2.41. The summed E-state index contributed by atoms with van der Waals surface area (Å²) in [6.45, 7) is 4.79. The second-order valence-corrected chi connectivity index (χ2v) is 9.06. The molecule has 1 aliphatic heterocycles. The third kappa shape index (κ3) is 4.84. The molecule has 34 heavy (non-hydrogen) atoms. The highest BCUT2D eigenvalue weighted by Gasteiger charge is 2.21. The third-order valence-electron chi connectivity index (χ3n) is 5.68. The van der Waals surface area contributed by atoms with E-state index in [1.165, 1.54) is 17.3 Å². The molecule has 0 unspecified atom stereocenters. The van der Waals surface area contributed by atoms with Crippen LogP contribution in [0.2, 0.25) is 0 Å². The van der Waals surface area contributed by atoms with Gasteiger partial charge in [0.05, 0.1) is 12.3 Å². The van der Waals surface area contributed by atoms with E-state index in [0.29, 0.717) is 29.8 Å². The van der Waals surface area contributed by atoms with Crippen LogP contribution in [-0.4, -0.2) is 50.5 Å². The Morgan fingerprint density at radius 2 is 1.85 bits per heavy atom. The molecule has 1 aliphatic rings. The number of aryl methyl sites for hydroxylation is 2. The lowest BCUT2D eigenvalue weighted by Gasteiger charge is -2.26. The van der Waals surface area contributed by atoms with Gasteiger partial charge in [0.2, 0.25) is 11.1 Å². The van der Waals surface area contributed by atoms with Crippen molar-refractivity contribution in [1.82, 2.24) is 24.9 Å². The number of hydrogen-bond donors (Lipinski definition) is 1. The van der Waals surface area contributed by atoms with Gasteiger partial charge in [0.15, 0.2) is 11.5 Å². The number of ether oxygens (including phenoxy) is 2. The summed E-state index contributed by atoms with van der Waals surface area (Å²) in [6, 6.07) is 17.8. The summed E-state index contributed by atoms with van der Waals surface area (Å²) >= 11 is 1.29. The molecule has 174 valence electrons. The summed E-state index contributed by atoms with van der Waals surface area (Å²) in [6.07, 6.45) is 0.555. The number of para-hydroxylation sites is 2. The monoisotopic (exact) mass is 475 g/mol. The quantitative estimate of drug-likeness (QED) is 0.410. The maximum absolute atomic E-state index is 12.4. The average Bonchev–Trinajstić information content (AvgIpc) is 3.27. The van der Waals surface area contributed by atoms with Gasteiger partial charge >= 0.3 is 0 Å². The van der Waals surface area contributed by atoms with E-state index < -0.39 is 0 Å². The first-order valence-electron chi connectivity index (χ1n) is 11.1. The first kappa shape index (κ1) is 22.2. The van der Waals surface area contributed by atoms with Crippen molar-refractivity contribution in [2.24, 2.45) is 0 Å². The molecule has 4 aromatic rings. The van der Waals surface area contributed by atoms with E-state index in [0.717, 1.165) is 29.1 Å². The summed E-state index contributed by atoms with van der Waals surface area (Å²) in [7, 11) is 0. The molecule has 1 atom stereocenters. The Bertz CT molecular complexity index is 1330. The van der Waals surface area contributed by atoms with Crippen LogP contribution in [-0.2, 0) is 11.2 Å². The molecule has 9 heteroatoms. The number of benzene rings is 2. The Labute approximate surface area is 201 Å². The molecule has 0 radical (unpaired) electrons. The van der Waals surface area contributed by atoms with Crippen LogP contribution < -0.4 is 14.8 Å². The Kier molecular flexibility index (Phi) is 6.35. The molecule has 5 rings (SSSR count). The predicted molar refractivity (Wildman–Crippen MR) is 130 cm³/mol. The average molecular weight is 476 g/mol. The Balaban J connectivity index is 1.19. The zero-order valence-electron chi connectivity index (χ0n) is 19.0. The van der Waals surface area contributed by atoms with Crippen molar-refractivity contribution in [3.63, 3.8) is 0 Å². The van der Waals surface area contributed by atoms with Crippen molar-refractivity contribution in [3.8, 4) is 11.5 Å². The van der Waals surface area contributed by atoms with Crippen LogP contribution in [0.15, 0.2) is 59.8 Å². The molecule has 0 fully saturated rings. The summed E-state index contributed by atoms with van der Waals surface area (Å²) in [5.74, 6) is 2.06. The first-order valence-corrected chi connectivity index (χ1v) is 12.1. The minimum Gasteiger partial charge on any atom is -0.486 e. The van der Waals surface area contributed by atoms with E-state index in [9.17, 15) is 4.79 Å². The summed E-state index contributed by atoms with van der Waals surface area (Å²) in [5.41, 5.74) is 4.29. The molecule has 2 aromatic carbocycles. The molecule has 8 nitrogen and oxygen atoms in total. The van der Waals surface area contributed by atoms with Gasteiger partial charge < -0.3 is 14.8 Å². The van der Waals surface area contributed by atoms with E-state index >= 15 is 0 Å². The van der Waals surface area contributed by atoms with Gasteiger partial charge in [0, 0.05) is 17.8 Å². The highest BCUT2D eigenvalue weighted by Crippen LogP contribution is 2.30. The van der Waals surface area contributed by atoms with E-state index in [-0.39, 0.29) is 17.8 Å². The molecule has 0 aliphatic carbocycles. The number of fused-ring (bicyclic) bond motifs is 2. The largest absolute Gasteiger partial charge is 0.486 e. The molecule has 3 heterocycles. The number of amides is 1. The van der Waals surface area contributed by atoms with E-state index in [1.54, 1.807) is 4.52 Å². The van der Waals surface area contributed by atoms with Gasteiger partial charge in [-0.1, -0.05) is 54.2 Å². The minimum absolute atomic E-state index is 0.114. The SMILES string of the molecule is Cc1nc2nc(SCC(=O)NC[C@H]3COc4ccccc4O3)nn2c(C)c1Cc1ccccc1. The normalized spacial score (nSPS) is 14.8. The molecule has 1 N–H and O–H groups in total. The van der Waals surface area contributed by atoms with Crippen LogP contribution in [0.5, 0.6) is 11.5 Å². The molecule has 0 saturated heterocycles. The fourth-order valence-corrected chi connectivity index (χ4v) is 4.53. The zero-order chi connectivity index (χ0) is 23.5. The molecule has 0 bridgehead atoms. The number of nitrogens with zero attached hydrogens (tertiary/aromatic N) is 4. The van der Waals surface area contributed by atoms with Gasteiger partial charge in [-0.25, -0.2) is 9.50 Å². The van der Waals surface area contributed by atoms with Crippen LogP contribution in [0, 0.1) is 13.8 Å². The number of rotatable bonds is 7. The fraction of sp³-hybridized carbons (Fsp3) is 0.280. The lowest BCUT2D eigenvalue weighted by molar-refractivity contribution is -0.119. The van der Waals surface area contributed by atoms with Crippen LogP contribution in [0.25, 0.3) is 5.78 Å². The highest BCUT2D eigenvalue weighted by atomic mass is 32.2. The highest BCUT2D eigenvalue weighted by molar-refractivity contribution is 7.99. The lowest BCUT2D eigenvalue weighted by atomic mass is 10.0. The summed E-state index contributed by atoms with van der Waals surface area (Å²) in [5, 5.41) is 8.01. The van der Waals surface area contributed by atoms with Crippen molar-refractivity contribution >= 4 is 23.4 Å². The summed E-state index contributed by atoms with van der Waals surface area (Å²) in [4.78, 5) is 21.5. The Morgan fingerprint density at radius 1 is 1.09 bits per heavy atom. The standard InChI is InChI=1S/C25H25N5O3S/c1-16-20(12-18-8-4-3-5-9-18)17(2)30-24(27-16)28-25(29-30)34-15-23(31)26-13-19-14-32-21-10-6-7-11-22(21)33-19/h3-11,19H,12-15H2,1-2H3,(H,26,31)/t19-/m0/s1. The van der Waals surface area contributed by atoms with Gasteiger partial charge in [-0.05, 0) is 37.1 Å². The third-order valence-corrected chi connectivity index (χ3v) is 6.52. The predicted octanol–water partition coefficient (Wildman–Crippen LogP) is 3.38. The van der Waals surface area contributed by atoms with E-state index in [1.807, 2.05) is 56.3 Å². The van der Waals surface area contributed by atoms with Crippen LogP contribution in [0.4, 0.5) is 0 Å². The molecule has 0 spiro atoms. The maximum Gasteiger partial charge on any atom is 0.253 e. The van der Waals surface area contributed by atoms with E-state index in [2.05, 4.69) is 32.5 Å². The Hall–Kier alpha value is -3.59. The second-order valence-electron chi connectivity index (χ2n) is 8.12. The topological polar surface area (TPSA) is 90.6 Å². The van der Waals surface area contributed by atoms with Gasteiger partial charge in [-0.15, -0.1) is 5.10 Å². The maximum atomic E-state index is 12.4. The van der Waals surface area contributed by atoms with Crippen molar-refractivity contribution in [3.05, 3.63) is 77.1 Å².